The summed E-state index contributed by atoms with van der Waals surface area (Å²) in [6.07, 6.45) is 0. The van der Waals surface area contributed by atoms with Gasteiger partial charge in [0, 0.05) is 0 Å². The first-order valence-corrected chi connectivity index (χ1v) is 34.8. The molecule has 5 heteroatoms. The van der Waals surface area contributed by atoms with Gasteiger partial charge in [-0.2, -0.15) is 0 Å². The summed E-state index contributed by atoms with van der Waals surface area (Å²) in [5, 5.41) is 13.6. The van der Waals surface area contributed by atoms with Crippen molar-refractivity contribution in [2.24, 2.45) is 0 Å². The maximum absolute atomic E-state index is 2.47. The van der Waals surface area contributed by atoms with Gasteiger partial charge >= 0.3 is 49.9 Å². The second-order valence-electron chi connectivity index (χ2n) is 15.5. The van der Waals surface area contributed by atoms with Gasteiger partial charge in [0.1, 0.15) is 0 Å². The Balaban J connectivity index is 0.00000160. The van der Waals surface area contributed by atoms with Crippen LogP contribution in [0.15, 0.2) is 146 Å². The van der Waals surface area contributed by atoms with Crippen molar-refractivity contribution in [2.75, 3.05) is 0 Å². The molecule has 57 heavy (non-hydrogen) atoms. The zero-order valence-corrected chi connectivity index (χ0v) is 42.2. The third-order valence-electron chi connectivity index (χ3n) is 10.4. The summed E-state index contributed by atoms with van der Waals surface area (Å²) in [4.78, 5) is 0. The van der Waals surface area contributed by atoms with Crippen LogP contribution in [0.4, 0.5) is 0 Å². The molecule has 0 nitrogen and oxygen atoms in total. The van der Waals surface area contributed by atoms with Crippen LogP contribution in [-0.2, 0) is 11.2 Å². The van der Waals surface area contributed by atoms with Crippen molar-refractivity contribution in [3.63, 3.8) is 0 Å². The van der Waals surface area contributed by atoms with E-state index in [2.05, 4.69) is 240 Å². The normalized spacial score (nSPS) is 11.4. The fourth-order valence-electron chi connectivity index (χ4n) is 8.59. The summed E-state index contributed by atoms with van der Waals surface area (Å²) >= 11 is 5.30. The topological polar surface area (TPSA) is 0 Å². The zero-order valence-electron chi connectivity index (χ0n) is 33.8. The van der Waals surface area contributed by atoms with Crippen molar-refractivity contribution in [2.45, 2.75) is 55.4 Å². The summed E-state index contributed by atoms with van der Waals surface area (Å²) in [6.45, 7) is 18.0. The molecule has 290 valence electrons. The number of aryl methyl sites for hydroxylation is 8. The van der Waals surface area contributed by atoms with Gasteiger partial charge in [0.2, 0.25) is 0 Å². The fourth-order valence-corrected chi connectivity index (χ4v) is 14.3. The van der Waals surface area contributed by atoms with E-state index >= 15 is 0 Å². The van der Waals surface area contributed by atoms with Crippen LogP contribution in [0.2, 0.25) is 0 Å². The van der Waals surface area contributed by atoms with E-state index in [9.17, 15) is 0 Å². The third kappa shape index (κ3) is 9.53. The molecule has 0 fully saturated rings. The van der Waals surface area contributed by atoms with E-state index in [0.29, 0.717) is 11.2 Å². The van der Waals surface area contributed by atoms with Gasteiger partial charge in [-0.1, -0.05) is 190 Å². The molecule has 8 aromatic carbocycles. The molecule has 0 aliphatic rings. The molecule has 8 rings (SSSR count). The van der Waals surface area contributed by atoms with Crippen LogP contribution in [0, 0.1) is 55.4 Å². The molecule has 0 radical (unpaired) electrons. The molecule has 0 unspecified atom stereocenters. The van der Waals surface area contributed by atoms with E-state index in [0.717, 1.165) is 0 Å². The molecule has 8 aromatic rings. The van der Waals surface area contributed by atoms with E-state index in [-0.39, 0.29) is 0 Å². The molecule has 0 aliphatic heterocycles. The number of benzene rings is 8. The molecule has 0 heterocycles. The molecule has 0 N–H and O–H groups in total. The zero-order chi connectivity index (χ0) is 40.4. The molecule has 0 aromatic heterocycles. The Bertz CT molecular complexity index is 2380. The summed E-state index contributed by atoms with van der Waals surface area (Å²) < 4.78 is 0. The van der Waals surface area contributed by atoms with Crippen LogP contribution >= 0.6 is 54.5 Å². The van der Waals surface area contributed by atoms with Gasteiger partial charge < -0.3 is 0 Å². The summed E-state index contributed by atoms with van der Waals surface area (Å²) in [6, 6.07) is 56.6. The Morgan fingerprint density at radius 3 is 0.842 bits per heavy atom. The van der Waals surface area contributed by atoms with Crippen molar-refractivity contribution < 1.29 is 11.2 Å². The number of halogens is 2. The van der Waals surface area contributed by atoms with E-state index in [4.69, 9.17) is 0 Å². The van der Waals surface area contributed by atoms with Gasteiger partial charge in [0.15, 0.2) is 0 Å². The maximum atomic E-state index is 2.47. The molecule has 0 saturated carbocycles. The van der Waals surface area contributed by atoms with Gasteiger partial charge in [-0.25, -0.2) is 0 Å². The van der Waals surface area contributed by atoms with Gasteiger partial charge in [-0.05, 0) is 136 Å². The summed E-state index contributed by atoms with van der Waals surface area (Å²) in [5.41, 5.74) is 13.2. The van der Waals surface area contributed by atoms with Gasteiger partial charge in [-0.15, -0.1) is 0 Å². The van der Waals surface area contributed by atoms with Crippen LogP contribution in [0.3, 0.4) is 0 Å². The van der Waals surface area contributed by atoms with E-state index in [1.165, 1.54) is 109 Å². The molecular weight excluding hydrogens is 1140 g/mol. The third-order valence-corrected chi connectivity index (χ3v) is 15.2. The van der Waals surface area contributed by atoms with Crippen molar-refractivity contribution in [1.29, 1.82) is 0 Å². The molecule has 0 aliphatic carbocycles. The minimum absolute atomic E-state index is 0.523. The first-order chi connectivity index (χ1) is 27.4. The first-order valence-electron chi connectivity index (χ1n) is 19.2. The first kappa shape index (κ1) is 42.4. The van der Waals surface area contributed by atoms with Crippen LogP contribution in [0.1, 0.15) is 44.5 Å². The second-order valence-corrected chi connectivity index (χ2v) is 36.4. The predicted octanol–water partition coefficient (Wildman–Crippen LogP) is 13.4. The van der Waals surface area contributed by atoms with Crippen molar-refractivity contribution in [3.05, 3.63) is 190 Å². The SMILES string of the molecule is Cc1cc(C)cc(P(c2cc(C)cc(C)c2)c2ccc3ccccc3c2-c2c(P(c3cc(C)cc(C)c3)c3cc(C)cc(C)c3)ccc3ccccc23)c1.[I][Pt][I]. The Hall–Kier alpha value is -2.71. The predicted molar refractivity (Wildman–Crippen MR) is 270 cm³/mol. The number of rotatable bonds is 7. The molecule has 0 amide bonds. The number of hydrogen-bond donors (Lipinski definition) is 0. The summed E-state index contributed by atoms with van der Waals surface area (Å²) in [7, 11) is -1.87. The van der Waals surface area contributed by atoms with E-state index in [1.54, 1.807) is 0 Å². The molecule has 0 bridgehead atoms. The Kier molecular flexibility index (Phi) is 13.9. The van der Waals surface area contributed by atoms with Gasteiger partial charge in [0.25, 0.3) is 0 Å². The van der Waals surface area contributed by atoms with Gasteiger partial charge in [0.05, 0.1) is 0 Å². The minimum atomic E-state index is -0.937. The monoisotopic (exact) mass is 1180 g/mol. The van der Waals surface area contributed by atoms with Crippen LogP contribution in [0.25, 0.3) is 32.7 Å². The number of fused-ring (bicyclic) bond motifs is 2. The fraction of sp³-hybridized carbons (Fsp3) is 0.154. The molecule has 0 atom stereocenters. The Morgan fingerprint density at radius 1 is 0.333 bits per heavy atom. The summed E-state index contributed by atoms with van der Waals surface area (Å²) in [5.74, 6) is 0. The Morgan fingerprint density at radius 2 is 0.579 bits per heavy atom. The average molecular weight is 1180 g/mol. The van der Waals surface area contributed by atoms with Gasteiger partial charge in [-0.3, -0.25) is 0 Å². The average Bonchev–Trinajstić information content (AvgIpc) is 3.14. The van der Waals surface area contributed by atoms with E-state index < -0.39 is 15.8 Å². The van der Waals surface area contributed by atoms with Crippen molar-refractivity contribution in [1.82, 2.24) is 0 Å². The molecule has 0 saturated heterocycles. The van der Waals surface area contributed by atoms with Crippen molar-refractivity contribution in [3.8, 4) is 11.1 Å². The molecule has 0 spiro atoms. The van der Waals surface area contributed by atoms with Crippen LogP contribution < -0.4 is 31.8 Å². The van der Waals surface area contributed by atoms with E-state index in [1.807, 2.05) is 0 Å². The molecular formula is C52H48I2P2Pt. The van der Waals surface area contributed by atoms with Crippen molar-refractivity contribution >= 4 is 108 Å². The quantitative estimate of drug-likeness (QED) is 0.110. The Labute approximate surface area is 372 Å². The second kappa shape index (κ2) is 18.7. The van der Waals surface area contributed by atoms with Crippen LogP contribution in [0.5, 0.6) is 0 Å². The standard InChI is InChI=1S/C52H48P2.2HI.Pt/c1-33-21-34(2)26-43(25-33)53(44-27-35(3)22-36(4)28-44)49-19-17-41-13-9-11-15-47(41)51(49)52-48-16-12-10-14-42(48)18-20-50(52)54(45-29-37(5)23-38(6)30-45)46-31-39(7)24-40(8)32-46;;;/h9-32H,1-8H3;2*1H;/q;;;+2/p-2. The number of hydrogen-bond acceptors (Lipinski definition) is 0. The van der Waals surface area contributed by atoms with Crippen LogP contribution in [-0.4, -0.2) is 0 Å².